The van der Waals surface area contributed by atoms with E-state index in [2.05, 4.69) is 10.4 Å². The molecular weight excluding hydrogens is 423 g/mol. The van der Waals surface area contributed by atoms with Crippen LogP contribution in [0.4, 0.5) is 10.2 Å². The highest BCUT2D eigenvalue weighted by Crippen LogP contribution is 2.18. The van der Waals surface area contributed by atoms with Crippen LogP contribution in [0.2, 0.25) is 0 Å². The molecule has 0 aliphatic carbocycles. The number of carbonyl (C=O) groups is 1. The largest absolute Gasteiger partial charge is 0.309 e. The number of nitrogens with one attached hydrogen (secondary N) is 1. The van der Waals surface area contributed by atoms with Gasteiger partial charge in [0.1, 0.15) is 11.6 Å². The van der Waals surface area contributed by atoms with Crippen molar-refractivity contribution < 1.29 is 17.6 Å². The van der Waals surface area contributed by atoms with Gasteiger partial charge in [-0.15, -0.1) is 0 Å². The Bertz CT molecular complexity index is 996. The van der Waals surface area contributed by atoms with Gasteiger partial charge in [0, 0.05) is 45.3 Å². The molecule has 31 heavy (non-hydrogen) atoms. The first kappa shape index (κ1) is 23.3. The lowest BCUT2D eigenvalue weighted by Crippen LogP contribution is -2.54. The van der Waals surface area contributed by atoms with Gasteiger partial charge in [-0.2, -0.15) is 22.1 Å². The van der Waals surface area contributed by atoms with E-state index in [1.54, 1.807) is 22.9 Å². The van der Waals surface area contributed by atoms with Crippen LogP contribution in [0.15, 0.2) is 30.3 Å². The van der Waals surface area contributed by atoms with Crippen molar-refractivity contribution in [3.63, 3.8) is 0 Å². The molecule has 1 aromatic carbocycles. The minimum absolute atomic E-state index is 0.146. The SMILES string of the molecule is CCN(CC)S(=O)(=O)N1CCN(CC(=O)Nc2cc(C)nn2-c2ccc(F)cc2)CC1. The topological polar surface area (TPSA) is 90.8 Å². The summed E-state index contributed by atoms with van der Waals surface area (Å²) in [5.41, 5.74) is 1.36. The second kappa shape index (κ2) is 9.86. The number of piperazine rings is 1. The van der Waals surface area contributed by atoms with E-state index in [9.17, 15) is 17.6 Å². The molecule has 0 bridgehead atoms. The number of halogens is 1. The summed E-state index contributed by atoms with van der Waals surface area (Å²) in [5.74, 6) is -0.0690. The molecule has 170 valence electrons. The number of aryl methyl sites for hydroxylation is 1. The zero-order valence-corrected chi connectivity index (χ0v) is 18.9. The van der Waals surface area contributed by atoms with Crippen LogP contribution in [-0.4, -0.2) is 83.4 Å². The normalized spacial score (nSPS) is 16.0. The molecule has 3 rings (SSSR count). The molecule has 0 radical (unpaired) electrons. The summed E-state index contributed by atoms with van der Waals surface area (Å²) in [6.07, 6.45) is 0. The predicted molar refractivity (Wildman–Crippen MR) is 117 cm³/mol. The highest BCUT2D eigenvalue weighted by molar-refractivity contribution is 7.86. The molecule has 0 spiro atoms. The highest BCUT2D eigenvalue weighted by Gasteiger charge is 2.31. The number of rotatable bonds is 8. The monoisotopic (exact) mass is 452 g/mol. The number of hydrogen-bond donors (Lipinski definition) is 1. The van der Waals surface area contributed by atoms with Gasteiger partial charge in [-0.1, -0.05) is 13.8 Å². The van der Waals surface area contributed by atoms with Crippen LogP contribution in [0.3, 0.4) is 0 Å². The summed E-state index contributed by atoms with van der Waals surface area (Å²) >= 11 is 0. The molecule has 9 nitrogen and oxygen atoms in total. The van der Waals surface area contributed by atoms with Crippen molar-refractivity contribution in [2.24, 2.45) is 0 Å². The molecule has 0 saturated carbocycles. The average Bonchev–Trinajstić information content (AvgIpc) is 3.09. The van der Waals surface area contributed by atoms with E-state index in [0.29, 0.717) is 50.8 Å². The van der Waals surface area contributed by atoms with Crippen molar-refractivity contribution in [2.75, 3.05) is 51.1 Å². The zero-order valence-electron chi connectivity index (χ0n) is 18.1. The van der Waals surface area contributed by atoms with Gasteiger partial charge in [0.15, 0.2) is 0 Å². The molecule has 1 fully saturated rings. The number of carbonyl (C=O) groups excluding carboxylic acids is 1. The van der Waals surface area contributed by atoms with Crippen molar-refractivity contribution in [3.8, 4) is 5.69 Å². The molecule has 1 aromatic heterocycles. The molecule has 2 heterocycles. The van der Waals surface area contributed by atoms with Gasteiger partial charge < -0.3 is 5.32 Å². The summed E-state index contributed by atoms with van der Waals surface area (Å²) in [7, 11) is -3.46. The molecular formula is C20H29FN6O3S. The maximum atomic E-state index is 13.2. The fourth-order valence-corrected chi connectivity index (χ4v) is 5.19. The third kappa shape index (κ3) is 5.48. The van der Waals surface area contributed by atoms with Crippen molar-refractivity contribution in [2.45, 2.75) is 20.8 Å². The minimum atomic E-state index is -3.46. The Kier molecular flexibility index (Phi) is 7.42. The predicted octanol–water partition coefficient (Wildman–Crippen LogP) is 1.46. The number of anilines is 1. The number of aromatic nitrogens is 2. The van der Waals surface area contributed by atoms with Gasteiger partial charge in [-0.25, -0.2) is 9.07 Å². The van der Waals surface area contributed by atoms with Gasteiger partial charge in [-0.05, 0) is 31.2 Å². The van der Waals surface area contributed by atoms with Gasteiger partial charge in [0.05, 0.1) is 17.9 Å². The summed E-state index contributed by atoms with van der Waals surface area (Å²) in [4.78, 5) is 14.5. The Morgan fingerprint density at radius 3 is 2.32 bits per heavy atom. The van der Waals surface area contributed by atoms with E-state index in [1.807, 2.05) is 25.7 Å². The van der Waals surface area contributed by atoms with E-state index < -0.39 is 10.2 Å². The van der Waals surface area contributed by atoms with Gasteiger partial charge in [0.25, 0.3) is 10.2 Å². The number of benzene rings is 1. The van der Waals surface area contributed by atoms with E-state index in [0.717, 1.165) is 5.69 Å². The molecule has 1 saturated heterocycles. The Morgan fingerprint density at radius 2 is 1.74 bits per heavy atom. The fraction of sp³-hybridized carbons (Fsp3) is 0.500. The summed E-state index contributed by atoms with van der Waals surface area (Å²) in [6.45, 7) is 8.11. The van der Waals surface area contributed by atoms with Crippen molar-refractivity contribution in [1.29, 1.82) is 0 Å². The lowest BCUT2D eigenvalue weighted by Gasteiger charge is -2.35. The molecule has 2 aromatic rings. The van der Waals surface area contributed by atoms with Crippen LogP contribution in [0.1, 0.15) is 19.5 Å². The van der Waals surface area contributed by atoms with Gasteiger partial charge in [-0.3, -0.25) is 9.69 Å². The first-order chi connectivity index (χ1) is 14.7. The van der Waals surface area contributed by atoms with Crippen LogP contribution in [0.25, 0.3) is 5.69 Å². The number of nitrogens with zero attached hydrogens (tertiary/aromatic N) is 5. The van der Waals surface area contributed by atoms with E-state index >= 15 is 0 Å². The summed E-state index contributed by atoms with van der Waals surface area (Å²) < 4.78 is 43.0. The average molecular weight is 453 g/mol. The first-order valence-electron chi connectivity index (χ1n) is 10.3. The third-order valence-electron chi connectivity index (χ3n) is 5.23. The van der Waals surface area contributed by atoms with E-state index in [1.165, 1.54) is 20.7 Å². The molecule has 1 aliphatic rings. The Morgan fingerprint density at radius 1 is 1.13 bits per heavy atom. The molecule has 11 heteroatoms. The first-order valence-corrected chi connectivity index (χ1v) is 11.7. The smallest absolute Gasteiger partial charge is 0.282 e. The van der Waals surface area contributed by atoms with Crippen LogP contribution in [-0.2, 0) is 15.0 Å². The second-order valence-electron chi connectivity index (χ2n) is 7.37. The maximum absolute atomic E-state index is 13.2. The molecule has 0 atom stereocenters. The zero-order chi connectivity index (χ0) is 22.6. The quantitative estimate of drug-likeness (QED) is 0.655. The van der Waals surface area contributed by atoms with Crippen LogP contribution < -0.4 is 5.32 Å². The van der Waals surface area contributed by atoms with Crippen LogP contribution in [0.5, 0.6) is 0 Å². The van der Waals surface area contributed by atoms with Crippen molar-refractivity contribution >= 4 is 21.9 Å². The van der Waals surface area contributed by atoms with Crippen molar-refractivity contribution in [3.05, 3.63) is 41.8 Å². The lowest BCUT2D eigenvalue weighted by atomic mass is 10.3. The van der Waals surface area contributed by atoms with Crippen LogP contribution in [0, 0.1) is 12.7 Å². The van der Waals surface area contributed by atoms with Crippen LogP contribution >= 0.6 is 0 Å². The summed E-state index contributed by atoms with van der Waals surface area (Å²) in [6, 6.07) is 7.60. The lowest BCUT2D eigenvalue weighted by molar-refractivity contribution is -0.117. The molecule has 1 amide bonds. The van der Waals surface area contributed by atoms with E-state index in [4.69, 9.17) is 0 Å². The Labute approximate surface area is 182 Å². The Balaban J connectivity index is 1.59. The fourth-order valence-electron chi connectivity index (χ4n) is 3.58. The second-order valence-corrected chi connectivity index (χ2v) is 9.30. The summed E-state index contributed by atoms with van der Waals surface area (Å²) in [5, 5.41) is 7.22. The Hall–Kier alpha value is -2.34. The maximum Gasteiger partial charge on any atom is 0.282 e. The van der Waals surface area contributed by atoms with Gasteiger partial charge >= 0.3 is 0 Å². The number of hydrogen-bond acceptors (Lipinski definition) is 5. The highest BCUT2D eigenvalue weighted by atomic mass is 32.2. The number of amides is 1. The molecule has 1 N–H and O–H groups in total. The standard InChI is InChI=1S/C20H29FN6O3S/c1-4-25(5-2)31(29,30)26-12-10-24(11-13-26)15-20(28)22-19-14-16(3)23-27(19)18-8-6-17(21)7-9-18/h6-9,14H,4-5,10-13,15H2,1-3H3,(H,22,28). The third-order valence-corrected chi connectivity index (χ3v) is 7.41. The molecule has 0 unspecified atom stereocenters. The molecule has 1 aliphatic heterocycles. The van der Waals surface area contributed by atoms with Gasteiger partial charge in [0.2, 0.25) is 5.91 Å². The van der Waals surface area contributed by atoms with E-state index in [-0.39, 0.29) is 18.3 Å². The van der Waals surface area contributed by atoms with Crippen molar-refractivity contribution in [1.82, 2.24) is 23.3 Å². The minimum Gasteiger partial charge on any atom is -0.309 e.